The average Bonchev–Trinajstić information content (AvgIpc) is 2.43. The van der Waals surface area contributed by atoms with Crippen molar-refractivity contribution in [1.82, 2.24) is 0 Å². The van der Waals surface area contributed by atoms with Gasteiger partial charge in [0, 0.05) is 11.8 Å². The van der Waals surface area contributed by atoms with Crippen molar-refractivity contribution in [2.75, 3.05) is 18.4 Å². The molecule has 0 unspecified atom stereocenters. The maximum absolute atomic E-state index is 13.1. The van der Waals surface area contributed by atoms with Gasteiger partial charge in [-0.15, -0.1) is 0 Å². The Morgan fingerprint density at radius 3 is 2.53 bits per heavy atom. The summed E-state index contributed by atoms with van der Waals surface area (Å²) >= 11 is 0. The summed E-state index contributed by atoms with van der Waals surface area (Å²) < 4.78 is 25.8. The quantitative estimate of drug-likeness (QED) is 0.853. The fourth-order valence-electron chi connectivity index (χ4n) is 2.45. The van der Waals surface area contributed by atoms with E-state index < -0.39 is 11.6 Å². The van der Waals surface area contributed by atoms with Crippen LogP contribution >= 0.6 is 0 Å². The molecular formula is C14H19F2N2O+. The van der Waals surface area contributed by atoms with Gasteiger partial charge in [0.25, 0.3) is 5.91 Å². The molecular weight excluding hydrogens is 250 g/mol. The fourth-order valence-corrected chi connectivity index (χ4v) is 2.45. The SMILES string of the molecule is C[C@H](C(=O)Nc1ccc(F)c(F)c1)[NH+]1CCCCC1. The summed E-state index contributed by atoms with van der Waals surface area (Å²) in [7, 11) is 0. The van der Waals surface area contributed by atoms with Crippen molar-refractivity contribution >= 4 is 11.6 Å². The first-order valence-electron chi connectivity index (χ1n) is 6.68. The molecule has 0 spiro atoms. The number of carbonyl (C=O) groups excluding carboxylic acids is 1. The predicted octanol–water partition coefficient (Wildman–Crippen LogP) is 1.36. The van der Waals surface area contributed by atoms with E-state index in [1.807, 2.05) is 6.92 Å². The van der Waals surface area contributed by atoms with E-state index in [0.29, 0.717) is 5.69 Å². The lowest BCUT2D eigenvalue weighted by Crippen LogP contribution is -3.17. The van der Waals surface area contributed by atoms with Gasteiger partial charge in [-0.25, -0.2) is 8.78 Å². The van der Waals surface area contributed by atoms with Crippen LogP contribution in [0.25, 0.3) is 0 Å². The van der Waals surface area contributed by atoms with Crippen LogP contribution in [0.3, 0.4) is 0 Å². The summed E-state index contributed by atoms with van der Waals surface area (Å²) in [6.07, 6.45) is 3.50. The molecule has 1 aromatic rings. The van der Waals surface area contributed by atoms with Gasteiger partial charge in [-0.05, 0) is 38.3 Å². The van der Waals surface area contributed by atoms with E-state index in [4.69, 9.17) is 0 Å². The van der Waals surface area contributed by atoms with Crippen LogP contribution in [0.5, 0.6) is 0 Å². The van der Waals surface area contributed by atoms with Crippen molar-refractivity contribution in [1.29, 1.82) is 0 Å². The second-order valence-electron chi connectivity index (χ2n) is 5.06. The molecule has 1 heterocycles. The second kappa shape index (κ2) is 6.10. The molecule has 5 heteroatoms. The topological polar surface area (TPSA) is 33.5 Å². The van der Waals surface area contributed by atoms with Crippen LogP contribution in [0.1, 0.15) is 26.2 Å². The summed E-state index contributed by atoms with van der Waals surface area (Å²) in [6, 6.07) is 3.22. The minimum Gasteiger partial charge on any atom is -0.325 e. The minimum absolute atomic E-state index is 0.150. The smallest absolute Gasteiger partial charge is 0.282 e. The van der Waals surface area contributed by atoms with Gasteiger partial charge in [0.1, 0.15) is 0 Å². The highest BCUT2D eigenvalue weighted by atomic mass is 19.2. The molecule has 1 saturated heterocycles. The highest BCUT2D eigenvalue weighted by Crippen LogP contribution is 2.13. The van der Waals surface area contributed by atoms with E-state index in [0.717, 1.165) is 38.1 Å². The van der Waals surface area contributed by atoms with Crippen LogP contribution in [-0.4, -0.2) is 25.0 Å². The number of amides is 1. The molecule has 1 aromatic carbocycles. The number of likely N-dealkylation sites (tertiary alicyclic amines) is 1. The van der Waals surface area contributed by atoms with Crippen molar-refractivity contribution in [3.63, 3.8) is 0 Å². The minimum atomic E-state index is -0.948. The second-order valence-corrected chi connectivity index (χ2v) is 5.06. The van der Waals surface area contributed by atoms with Crippen molar-refractivity contribution in [2.24, 2.45) is 0 Å². The van der Waals surface area contributed by atoms with E-state index in [1.165, 1.54) is 17.4 Å². The molecule has 0 bridgehead atoms. The number of quaternary nitrogens is 1. The Morgan fingerprint density at radius 2 is 1.89 bits per heavy atom. The lowest BCUT2D eigenvalue weighted by Gasteiger charge is -2.28. The normalized spacial score (nSPS) is 18.1. The van der Waals surface area contributed by atoms with Crippen LogP contribution < -0.4 is 10.2 Å². The van der Waals surface area contributed by atoms with Crippen molar-refractivity contribution in [2.45, 2.75) is 32.2 Å². The molecule has 104 valence electrons. The van der Waals surface area contributed by atoms with Crippen molar-refractivity contribution in [3.05, 3.63) is 29.8 Å². The molecule has 1 aliphatic rings. The molecule has 19 heavy (non-hydrogen) atoms. The Bertz CT molecular complexity index is 459. The van der Waals surface area contributed by atoms with E-state index in [1.54, 1.807) is 0 Å². The molecule has 1 atom stereocenters. The Hall–Kier alpha value is -1.49. The number of rotatable bonds is 3. The molecule has 0 radical (unpaired) electrons. The zero-order chi connectivity index (χ0) is 13.8. The molecule has 0 saturated carbocycles. The van der Waals surface area contributed by atoms with E-state index in [9.17, 15) is 13.6 Å². The van der Waals surface area contributed by atoms with Crippen LogP contribution in [-0.2, 0) is 4.79 Å². The van der Waals surface area contributed by atoms with Crippen LogP contribution in [0.4, 0.5) is 14.5 Å². The number of halogens is 2. The number of hydrogen-bond acceptors (Lipinski definition) is 1. The van der Waals surface area contributed by atoms with Gasteiger partial charge in [0.05, 0.1) is 13.1 Å². The van der Waals surface area contributed by atoms with Gasteiger partial charge < -0.3 is 10.2 Å². The number of hydrogen-bond donors (Lipinski definition) is 2. The third-order valence-electron chi connectivity index (χ3n) is 3.69. The van der Waals surface area contributed by atoms with E-state index in [-0.39, 0.29) is 11.9 Å². The number of piperidine rings is 1. The zero-order valence-corrected chi connectivity index (χ0v) is 11.0. The largest absolute Gasteiger partial charge is 0.325 e. The Balaban J connectivity index is 1.97. The summed E-state index contributed by atoms with van der Waals surface area (Å²) in [5.41, 5.74) is 0.298. The van der Waals surface area contributed by atoms with Gasteiger partial charge >= 0.3 is 0 Å². The van der Waals surface area contributed by atoms with Gasteiger partial charge in [0.2, 0.25) is 0 Å². The first-order valence-corrected chi connectivity index (χ1v) is 6.68. The Morgan fingerprint density at radius 1 is 1.21 bits per heavy atom. The Kier molecular flexibility index (Phi) is 4.47. The molecule has 2 N–H and O–H groups in total. The first kappa shape index (κ1) is 13.9. The molecule has 1 amide bonds. The summed E-state index contributed by atoms with van der Waals surface area (Å²) in [4.78, 5) is 13.3. The van der Waals surface area contributed by atoms with Crippen molar-refractivity contribution < 1.29 is 18.5 Å². The van der Waals surface area contributed by atoms with E-state index in [2.05, 4.69) is 5.32 Å². The summed E-state index contributed by atoms with van der Waals surface area (Å²) in [5, 5.41) is 2.64. The number of carbonyl (C=O) groups is 1. The lowest BCUT2D eigenvalue weighted by molar-refractivity contribution is -0.918. The molecule has 3 nitrogen and oxygen atoms in total. The molecule has 1 fully saturated rings. The lowest BCUT2D eigenvalue weighted by atomic mass is 10.1. The number of benzene rings is 1. The van der Waals surface area contributed by atoms with E-state index >= 15 is 0 Å². The zero-order valence-electron chi connectivity index (χ0n) is 11.0. The van der Waals surface area contributed by atoms with Crippen LogP contribution in [0.2, 0.25) is 0 Å². The standard InChI is InChI=1S/C14H18F2N2O/c1-10(18-7-3-2-4-8-18)14(19)17-11-5-6-12(15)13(16)9-11/h5-6,9-10H,2-4,7-8H2,1H3,(H,17,19)/p+1/t10-/m1/s1. The molecule has 1 aliphatic heterocycles. The highest BCUT2D eigenvalue weighted by molar-refractivity contribution is 5.93. The number of nitrogens with one attached hydrogen (secondary N) is 2. The predicted molar refractivity (Wildman–Crippen MR) is 69.0 cm³/mol. The summed E-state index contributed by atoms with van der Waals surface area (Å²) in [6.45, 7) is 3.86. The van der Waals surface area contributed by atoms with Crippen molar-refractivity contribution in [3.8, 4) is 0 Å². The van der Waals surface area contributed by atoms with Gasteiger partial charge in [0.15, 0.2) is 17.7 Å². The van der Waals surface area contributed by atoms with Crippen LogP contribution in [0.15, 0.2) is 18.2 Å². The third kappa shape index (κ3) is 3.50. The maximum Gasteiger partial charge on any atom is 0.282 e. The van der Waals surface area contributed by atoms with Gasteiger partial charge in [-0.3, -0.25) is 4.79 Å². The van der Waals surface area contributed by atoms with Crippen LogP contribution in [0, 0.1) is 11.6 Å². The summed E-state index contributed by atoms with van der Waals surface area (Å²) in [5.74, 6) is -2.01. The molecule has 0 aliphatic carbocycles. The number of anilines is 1. The first-order chi connectivity index (χ1) is 9.08. The molecule has 2 rings (SSSR count). The average molecular weight is 269 g/mol. The fraction of sp³-hybridized carbons (Fsp3) is 0.500. The molecule has 0 aromatic heterocycles. The highest BCUT2D eigenvalue weighted by Gasteiger charge is 2.26. The van der Waals surface area contributed by atoms with Gasteiger partial charge in [-0.2, -0.15) is 0 Å². The third-order valence-corrected chi connectivity index (χ3v) is 3.69. The Labute approximate surface area is 111 Å². The maximum atomic E-state index is 13.1. The van der Waals surface area contributed by atoms with Gasteiger partial charge in [-0.1, -0.05) is 0 Å². The monoisotopic (exact) mass is 269 g/mol.